The highest BCUT2D eigenvalue weighted by Crippen LogP contribution is 2.25. The van der Waals surface area contributed by atoms with Gasteiger partial charge in [-0.25, -0.2) is 9.78 Å². The van der Waals surface area contributed by atoms with E-state index >= 15 is 0 Å². The highest BCUT2D eigenvalue weighted by molar-refractivity contribution is 7.98. The molecule has 0 saturated carbocycles. The number of benzene rings is 1. The van der Waals surface area contributed by atoms with Crippen LogP contribution in [0.4, 0.5) is 10.5 Å². The van der Waals surface area contributed by atoms with Crippen molar-refractivity contribution < 1.29 is 9.53 Å². The van der Waals surface area contributed by atoms with Gasteiger partial charge >= 0.3 is 6.03 Å². The monoisotopic (exact) mass is 348 g/mol. The molecule has 0 bridgehead atoms. The topological polar surface area (TPSA) is 68.2 Å². The van der Waals surface area contributed by atoms with E-state index in [2.05, 4.69) is 22.5 Å². The van der Waals surface area contributed by atoms with Gasteiger partial charge in [0, 0.05) is 7.05 Å². The Kier molecular flexibility index (Phi) is 6.54. The van der Waals surface area contributed by atoms with E-state index in [-0.39, 0.29) is 12.1 Å². The molecule has 2 amide bonds. The highest BCUT2D eigenvalue weighted by Gasteiger charge is 2.11. The minimum Gasteiger partial charge on any atom is -0.489 e. The van der Waals surface area contributed by atoms with E-state index < -0.39 is 0 Å². The van der Waals surface area contributed by atoms with E-state index in [1.165, 1.54) is 0 Å². The van der Waals surface area contributed by atoms with Crippen LogP contribution in [0.25, 0.3) is 0 Å². The Hall–Kier alpha value is -2.15. The summed E-state index contributed by atoms with van der Waals surface area (Å²) < 4.78 is 7.80. The van der Waals surface area contributed by atoms with E-state index in [0.29, 0.717) is 18.0 Å². The number of aromatic nitrogens is 2. The summed E-state index contributed by atoms with van der Waals surface area (Å²) in [4.78, 5) is 16.5. The minimum atomic E-state index is -0.276. The van der Waals surface area contributed by atoms with Crippen molar-refractivity contribution in [3.05, 3.63) is 36.2 Å². The van der Waals surface area contributed by atoms with Crippen LogP contribution in [-0.2, 0) is 13.6 Å². The first-order valence-electron chi connectivity index (χ1n) is 7.90. The van der Waals surface area contributed by atoms with E-state index in [9.17, 15) is 4.79 Å². The first-order chi connectivity index (χ1) is 11.5. The molecular weight excluding hydrogens is 324 g/mol. The normalized spacial score (nSPS) is 11.8. The molecule has 0 aliphatic rings. The Morgan fingerprint density at radius 1 is 1.42 bits per heavy atom. The van der Waals surface area contributed by atoms with Gasteiger partial charge in [-0.2, -0.15) is 0 Å². The Morgan fingerprint density at radius 3 is 2.83 bits per heavy atom. The molecule has 0 radical (unpaired) electrons. The van der Waals surface area contributed by atoms with Crippen molar-refractivity contribution in [1.82, 2.24) is 14.9 Å². The zero-order valence-electron chi connectivity index (χ0n) is 14.5. The summed E-state index contributed by atoms with van der Waals surface area (Å²) in [5.74, 6) is 0.673. The van der Waals surface area contributed by atoms with Crippen molar-refractivity contribution in [1.29, 1.82) is 0 Å². The molecule has 0 saturated heterocycles. The maximum atomic E-state index is 12.2. The average Bonchev–Trinajstić information content (AvgIpc) is 2.94. The van der Waals surface area contributed by atoms with Crippen molar-refractivity contribution in [2.75, 3.05) is 11.6 Å². The summed E-state index contributed by atoms with van der Waals surface area (Å²) >= 11 is 1.57. The standard InChI is InChI=1S/C17H24N4O2S/c1-5-12(2)23-15-9-7-6-8-14(15)20-16(22)18-10-13-11-19-17(24-4)21(13)3/h6-9,11-12H,5,10H2,1-4H3,(H2,18,20,22)/t12-/m0/s1. The van der Waals surface area contributed by atoms with Crippen LogP contribution < -0.4 is 15.4 Å². The zero-order chi connectivity index (χ0) is 17.5. The number of anilines is 1. The number of carbonyl (C=O) groups is 1. The Labute approximate surface area is 147 Å². The molecule has 2 N–H and O–H groups in total. The van der Waals surface area contributed by atoms with Gasteiger partial charge in [-0.3, -0.25) is 0 Å². The lowest BCUT2D eigenvalue weighted by molar-refractivity contribution is 0.218. The quantitative estimate of drug-likeness (QED) is 0.750. The third-order valence-corrected chi connectivity index (χ3v) is 4.44. The molecule has 2 rings (SSSR count). The van der Waals surface area contributed by atoms with Gasteiger partial charge in [0.25, 0.3) is 0 Å². The van der Waals surface area contributed by atoms with E-state index in [4.69, 9.17) is 4.74 Å². The second-order valence-electron chi connectivity index (χ2n) is 5.44. The molecule has 1 atom stereocenters. The molecule has 2 aromatic rings. The third-order valence-electron chi connectivity index (χ3n) is 3.69. The molecule has 7 heteroatoms. The van der Waals surface area contributed by atoms with Gasteiger partial charge in [0.15, 0.2) is 5.16 Å². The highest BCUT2D eigenvalue weighted by atomic mass is 32.2. The van der Waals surface area contributed by atoms with Crippen molar-refractivity contribution in [2.45, 2.75) is 38.1 Å². The van der Waals surface area contributed by atoms with Gasteiger partial charge < -0.3 is 19.9 Å². The fourth-order valence-corrected chi connectivity index (χ4v) is 2.64. The second kappa shape index (κ2) is 8.63. The molecule has 1 aromatic carbocycles. The smallest absolute Gasteiger partial charge is 0.319 e. The van der Waals surface area contributed by atoms with Crippen LogP contribution in [0, 0.1) is 0 Å². The van der Waals surface area contributed by atoms with Gasteiger partial charge in [0.05, 0.1) is 30.2 Å². The van der Waals surface area contributed by atoms with Crippen molar-refractivity contribution in [3.63, 3.8) is 0 Å². The number of urea groups is 1. The minimum absolute atomic E-state index is 0.0930. The molecular formula is C17H24N4O2S. The number of carbonyl (C=O) groups excluding carboxylic acids is 1. The number of ether oxygens (including phenoxy) is 1. The molecule has 1 heterocycles. The lowest BCUT2D eigenvalue weighted by atomic mass is 10.2. The Morgan fingerprint density at radius 2 is 2.17 bits per heavy atom. The molecule has 24 heavy (non-hydrogen) atoms. The molecule has 1 aromatic heterocycles. The number of amides is 2. The number of nitrogens with one attached hydrogen (secondary N) is 2. The molecule has 0 fully saturated rings. The first kappa shape index (κ1) is 18.2. The number of nitrogens with zero attached hydrogens (tertiary/aromatic N) is 2. The maximum Gasteiger partial charge on any atom is 0.319 e. The number of para-hydroxylation sites is 2. The van der Waals surface area contributed by atoms with Gasteiger partial charge in [0.1, 0.15) is 5.75 Å². The summed E-state index contributed by atoms with van der Waals surface area (Å²) in [6.45, 7) is 4.47. The van der Waals surface area contributed by atoms with Crippen molar-refractivity contribution >= 4 is 23.5 Å². The predicted molar refractivity (Wildman–Crippen MR) is 97.7 cm³/mol. The zero-order valence-corrected chi connectivity index (χ0v) is 15.3. The fraction of sp³-hybridized carbons (Fsp3) is 0.412. The molecule has 0 spiro atoms. The van der Waals surface area contributed by atoms with E-state index in [0.717, 1.165) is 17.3 Å². The first-order valence-corrected chi connectivity index (χ1v) is 9.12. The summed E-state index contributed by atoms with van der Waals surface area (Å²) in [5, 5.41) is 6.60. The predicted octanol–water partition coefficient (Wildman–Crippen LogP) is 3.64. The summed E-state index contributed by atoms with van der Waals surface area (Å²) in [6, 6.07) is 7.16. The third kappa shape index (κ3) is 4.67. The second-order valence-corrected chi connectivity index (χ2v) is 6.21. The number of thioether (sulfide) groups is 1. The van der Waals surface area contributed by atoms with E-state index in [1.807, 2.05) is 49.1 Å². The molecule has 0 aliphatic carbocycles. The van der Waals surface area contributed by atoms with E-state index in [1.54, 1.807) is 18.0 Å². The maximum absolute atomic E-state index is 12.2. The fourth-order valence-electron chi connectivity index (χ4n) is 2.09. The van der Waals surface area contributed by atoms with Crippen molar-refractivity contribution in [3.8, 4) is 5.75 Å². The number of imidazole rings is 1. The Bertz CT molecular complexity index is 687. The molecule has 130 valence electrons. The van der Waals surface area contributed by atoms with Crippen LogP contribution in [-0.4, -0.2) is 27.9 Å². The molecule has 0 unspecified atom stereocenters. The lowest BCUT2D eigenvalue weighted by Crippen LogP contribution is -2.29. The summed E-state index contributed by atoms with van der Waals surface area (Å²) in [7, 11) is 1.93. The van der Waals surface area contributed by atoms with Crippen molar-refractivity contribution in [2.24, 2.45) is 7.05 Å². The lowest BCUT2D eigenvalue weighted by Gasteiger charge is -2.16. The molecule has 0 aliphatic heterocycles. The number of hydrogen-bond acceptors (Lipinski definition) is 4. The summed E-state index contributed by atoms with van der Waals surface area (Å²) in [6.07, 6.45) is 4.74. The Balaban J connectivity index is 1.96. The van der Waals surface area contributed by atoms with Crippen LogP contribution >= 0.6 is 11.8 Å². The van der Waals surface area contributed by atoms with Crippen LogP contribution in [0.2, 0.25) is 0 Å². The number of hydrogen-bond donors (Lipinski definition) is 2. The van der Waals surface area contributed by atoms with Crippen LogP contribution in [0.5, 0.6) is 5.75 Å². The summed E-state index contributed by atoms with van der Waals surface area (Å²) in [5.41, 5.74) is 1.60. The number of rotatable bonds is 7. The molecule has 6 nitrogen and oxygen atoms in total. The van der Waals surface area contributed by atoms with Gasteiger partial charge in [-0.15, -0.1) is 0 Å². The van der Waals surface area contributed by atoms with Crippen LogP contribution in [0.3, 0.4) is 0 Å². The van der Waals surface area contributed by atoms with Crippen LogP contribution in [0.1, 0.15) is 26.0 Å². The average molecular weight is 348 g/mol. The van der Waals surface area contributed by atoms with Crippen LogP contribution in [0.15, 0.2) is 35.6 Å². The van der Waals surface area contributed by atoms with Gasteiger partial charge in [-0.05, 0) is 31.7 Å². The van der Waals surface area contributed by atoms with Gasteiger partial charge in [0.2, 0.25) is 0 Å². The largest absolute Gasteiger partial charge is 0.489 e. The SMILES string of the molecule is CC[C@H](C)Oc1ccccc1NC(=O)NCc1cnc(SC)n1C. The van der Waals surface area contributed by atoms with Gasteiger partial charge in [-0.1, -0.05) is 30.8 Å².